The summed E-state index contributed by atoms with van der Waals surface area (Å²) in [6.45, 7) is 1.68. The standard InChI is InChI=1S/C15H17N3O4S/c1-15(7-8-23(21,22)10-15)16-14(20)13-12(19)9-18(17-13)11-5-3-2-4-6-11/h2-6,9,19H,7-8,10H2,1H3,(H,16,20)/t15-/m1/s1. The van der Waals surface area contributed by atoms with Gasteiger partial charge in [-0.3, -0.25) is 4.79 Å². The zero-order valence-corrected chi connectivity index (χ0v) is 13.4. The molecule has 122 valence electrons. The molecule has 7 nitrogen and oxygen atoms in total. The molecule has 1 saturated heterocycles. The van der Waals surface area contributed by atoms with Gasteiger partial charge in [0.05, 0.1) is 28.9 Å². The summed E-state index contributed by atoms with van der Waals surface area (Å²) < 4.78 is 24.6. The number of carbonyl (C=O) groups excluding carboxylic acids is 1. The molecule has 0 spiro atoms. The molecule has 1 atom stereocenters. The summed E-state index contributed by atoms with van der Waals surface area (Å²) in [5, 5.41) is 16.7. The highest BCUT2D eigenvalue weighted by atomic mass is 32.2. The fraction of sp³-hybridized carbons (Fsp3) is 0.333. The number of hydrogen-bond donors (Lipinski definition) is 2. The fourth-order valence-electron chi connectivity index (χ4n) is 2.68. The van der Waals surface area contributed by atoms with Crippen molar-refractivity contribution in [3.8, 4) is 11.4 Å². The first kappa shape index (κ1) is 15.5. The SMILES string of the molecule is C[C@@]1(NC(=O)c2nn(-c3ccccc3)cc2O)CCS(=O)(=O)C1. The lowest BCUT2D eigenvalue weighted by molar-refractivity contribution is 0.0907. The summed E-state index contributed by atoms with van der Waals surface area (Å²) in [6, 6.07) is 9.07. The van der Waals surface area contributed by atoms with Crippen molar-refractivity contribution in [2.45, 2.75) is 18.9 Å². The van der Waals surface area contributed by atoms with Crippen LogP contribution in [0, 0.1) is 0 Å². The Morgan fingerprint density at radius 2 is 2.04 bits per heavy atom. The van der Waals surface area contributed by atoms with Gasteiger partial charge in [0.25, 0.3) is 5.91 Å². The first-order valence-corrected chi connectivity index (χ1v) is 8.97. The molecule has 23 heavy (non-hydrogen) atoms. The van der Waals surface area contributed by atoms with Gasteiger partial charge in [-0.1, -0.05) is 18.2 Å². The van der Waals surface area contributed by atoms with Crippen LogP contribution in [-0.4, -0.2) is 46.3 Å². The summed E-state index contributed by atoms with van der Waals surface area (Å²) in [6.07, 6.45) is 1.69. The number of amides is 1. The Balaban J connectivity index is 1.82. The lowest BCUT2D eigenvalue weighted by atomic mass is 10.0. The van der Waals surface area contributed by atoms with Gasteiger partial charge in [0.1, 0.15) is 0 Å². The first-order chi connectivity index (χ1) is 10.8. The molecule has 1 aliphatic heterocycles. The van der Waals surface area contributed by atoms with Crippen LogP contribution in [0.4, 0.5) is 0 Å². The van der Waals surface area contributed by atoms with E-state index in [9.17, 15) is 18.3 Å². The topological polar surface area (TPSA) is 101 Å². The fourth-order valence-corrected chi connectivity index (χ4v) is 4.77. The quantitative estimate of drug-likeness (QED) is 0.867. The number of hydrogen-bond acceptors (Lipinski definition) is 5. The Bertz CT molecular complexity index is 845. The van der Waals surface area contributed by atoms with Gasteiger partial charge >= 0.3 is 0 Å². The van der Waals surface area contributed by atoms with E-state index in [0.29, 0.717) is 12.1 Å². The average Bonchev–Trinajstić information content (AvgIpc) is 3.00. The predicted octanol–water partition coefficient (Wildman–Crippen LogP) is 0.885. The molecule has 0 aliphatic carbocycles. The molecule has 2 heterocycles. The van der Waals surface area contributed by atoms with Crippen LogP contribution in [0.2, 0.25) is 0 Å². The van der Waals surface area contributed by atoms with E-state index in [1.54, 1.807) is 19.1 Å². The summed E-state index contributed by atoms with van der Waals surface area (Å²) in [7, 11) is -3.13. The molecule has 0 saturated carbocycles. The van der Waals surface area contributed by atoms with E-state index < -0.39 is 21.3 Å². The molecular formula is C15H17N3O4S. The van der Waals surface area contributed by atoms with Crippen LogP contribution in [0.15, 0.2) is 36.5 Å². The summed E-state index contributed by atoms with van der Waals surface area (Å²) in [5.41, 5.74) is -0.255. The van der Waals surface area contributed by atoms with E-state index in [2.05, 4.69) is 10.4 Å². The van der Waals surface area contributed by atoms with Gasteiger partial charge in [-0.15, -0.1) is 0 Å². The van der Waals surface area contributed by atoms with Crippen LogP contribution in [0.5, 0.6) is 5.75 Å². The Labute approximate surface area is 133 Å². The van der Waals surface area contributed by atoms with Crippen molar-refractivity contribution in [2.24, 2.45) is 0 Å². The number of aromatic hydroxyl groups is 1. The molecule has 0 unspecified atom stereocenters. The van der Waals surface area contributed by atoms with Gasteiger partial charge in [0.2, 0.25) is 0 Å². The highest BCUT2D eigenvalue weighted by molar-refractivity contribution is 7.91. The predicted molar refractivity (Wildman–Crippen MR) is 84.4 cm³/mol. The molecule has 2 aromatic rings. The first-order valence-electron chi connectivity index (χ1n) is 7.15. The van der Waals surface area contributed by atoms with Gasteiger partial charge in [0.15, 0.2) is 21.3 Å². The van der Waals surface area contributed by atoms with Crippen LogP contribution in [0.3, 0.4) is 0 Å². The molecule has 2 N–H and O–H groups in total. The van der Waals surface area contributed by atoms with E-state index in [1.165, 1.54) is 10.9 Å². The minimum atomic E-state index is -3.13. The molecule has 8 heteroatoms. The Hall–Kier alpha value is -2.35. The number of aromatic nitrogens is 2. The minimum Gasteiger partial charge on any atom is -0.504 e. The third-order valence-electron chi connectivity index (χ3n) is 3.85. The van der Waals surface area contributed by atoms with Crippen LogP contribution in [-0.2, 0) is 9.84 Å². The van der Waals surface area contributed by atoms with Crippen molar-refractivity contribution < 1.29 is 18.3 Å². The van der Waals surface area contributed by atoms with E-state index in [4.69, 9.17) is 0 Å². The molecule has 1 aromatic heterocycles. The van der Waals surface area contributed by atoms with E-state index in [-0.39, 0.29) is 22.9 Å². The van der Waals surface area contributed by atoms with Crippen molar-refractivity contribution >= 4 is 15.7 Å². The molecule has 1 aromatic carbocycles. The zero-order valence-electron chi connectivity index (χ0n) is 12.6. The maximum atomic E-state index is 12.3. The molecule has 1 amide bonds. The molecule has 0 bridgehead atoms. The lowest BCUT2D eigenvalue weighted by Crippen LogP contribution is -2.47. The third-order valence-corrected chi connectivity index (χ3v) is 5.75. The number of nitrogens with zero attached hydrogens (tertiary/aromatic N) is 2. The van der Waals surface area contributed by atoms with E-state index in [0.717, 1.165) is 0 Å². The highest BCUT2D eigenvalue weighted by Crippen LogP contribution is 2.25. The van der Waals surface area contributed by atoms with Crippen molar-refractivity contribution in [3.63, 3.8) is 0 Å². The van der Waals surface area contributed by atoms with Crippen LogP contribution in [0.25, 0.3) is 5.69 Å². The van der Waals surface area contributed by atoms with Gasteiger partial charge in [-0.2, -0.15) is 5.10 Å². The van der Waals surface area contributed by atoms with Crippen LogP contribution in [0.1, 0.15) is 23.8 Å². The highest BCUT2D eigenvalue weighted by Gasteiger charge is 2.40. The molecular weight excluding hydrogens is 318 g/mol. The van der Waals surface area contributed by atoms with E-state index >= 15 is 0 Å². The second-order valence-electron chi connectivity index (χ2n) is 6.00. The van der Waals surface area contributed by atoms with Gasteiger partial charge in [-0.05, 0) is 25.5 Å². The molecule has 1 fully saturated rings. The van der Waals surface area contributed by atoms with Crippen LogP contribution < -0.4 is 5.32 Å². The molecule has 3 rings (SSSR count). The average molecular weight is 335 g/mol. The number of sulfone groups is 1. The van der Waals surface area contributed by atoms with Gasteiger partial charge < -0.3 is 10.4 Å². The third kappa shape index (κ3) is 3.21. The minimum absolute atomic E-state index is 0.0498. The Kier molecular flexibility index (Phi) is 3.63. The van der Waals surface area contributed by atoms with Crippen molar-refractivity contribution in [2.75, 3.05) is 11.5 Å². The van der Waals surface area contributed by atoms with Crippen molar-refractivity contribution in [1.82, 2.24) is 15.1 Å². The van der Waals surface area contributed by atoms with Crippen molar-refractivity contribution in [1.29, 1.82) is 0 Å². The smallest absolute Gasteiger partial charge is 0.276 e. The maximum absolute atomic E-state index is 12.3. The second kappa shape index (κ2) is 5.38. The zero-order chi connectivity index (χ0) is 16.7. The molecule has 1 aliphatic rings. The Morgan fingerprint density at radius 1 is 1.35 bits per heavy atom. The van der Waals surface area contributed by atoms with Gasteiger partial charge in [0, 0.05) is 0 Å². The summed E-state index contributed by atoms with van der Waals surface area (Å²) in [5.74, 6) is -0.896. The monoisotopic (exact) mass is 335 g/mol. The number of benzene rings is 1. The van der Waals surface area contributed by atoms with Gasteiger partial charge in [-0.25, -0.2) is 13.1 Å². The van der Waals surface area contributed by atoms with Crippen LogP contribution >= 0.6 is 0 Å². The lowest BCUT2D eigenvalue weighted by Gasteiger charge is -2.23. The molecule has 0 radical (unpaired) electrons. The number of nitrogens with one attached hydrogen (secondary N) is 1. The number of para-hydroxylation sites is 1. The number of rotatable bonds is 3. The second-order valence-corrected chi connectivity index (χ2v) is 8.18. The summed E-state index contributed by atoms with van der Waals surface area (Å²) in [4.78, 5) is 12.3. The Morgan fingerprint density at radius 3 is 2.65 bits per heavy atom. The van der Waals surface area contributed by atoms with Crippen molar-refractivity contribution in [3.05, 3.63) is 42.2 Å². The normalized spacial score (nSPS) is 22.8. The summed E-state index contributed by atoms with van der Waals surface area (Å²) >= 11 is 0. The van der Waals surface area contributed by atoms with E-state index in [1.807, 2.05) is 18.2 Å². The largest absolute Gasteiger partial charge is 0.504 e. The maximum Gasteiger partial charge on any atom is 0.276 e. The number of carbonyl (C=O) groups is 1.